The Morgan fingerprint density at radius 3 is 2.48 bits per heavy atom. The standard InChI is InChI=1S/C21H33NO3/c1-17-6-8-19(9-7-17)21(10-4-3-5-18(21)2)22-13-11-20(12-14-23)24-15-16-25-20/h6-9,18,22-23H,3-5,10-16H2,1-2H3. The summed E-state index contributed by atoms with van der Waals surface area (Å²) in [5, 5.41) is 13.2. The SMILES string of the molecule is Cc1ccc(C2(NCCC3(CCO)OCCO3)CCCCC2C)cc1. The first kappa shape index (κ1) is 18.8. The minimum atomic E-state index is -0.603. The van der Waals surface area contributed by atoms with Crippen molar-refractivity contribution in [1.29, 1.82) is 0 Å². The van der Waals surface area contributed by atoms with Gasteiger partial charge >= 0.3 is 0 Å². The molecule has 1 heterocycles. The zero-order valence-corrected chi connectivity index (χ0v) is 15.7. The van der Waals surface area contributed by atoms with E-state index in [1.807, 2.05) is 0 Å². The Balaban J connectivity index is 1.73. The van der Waals surface area contributed by atoms with E-state index in [4.69, 9.17) is 9.47 Å². The Morgan fingerprint density at radius 2 is 1.84 bits per heavy atom. The summed E-state index contributed by atoms with van der Waals surface area (Å²) in [4.78, 5) is 0. The molecule has 140 valence electrons. The summed E-state index contributed by atoms with van der Waals surface area (Å²) in [6, 6.07) is 9.01. The van der Waals surface area contributed by atoms with Gasteiger partial charge in [0.1, 0.15) is 0 Å². The van der Waals surface area contributed by atoms with Crippen LogP contribution in [0, 0.1) is 12.8 Å². The molecular weight excluding hydrogens is 314 g/mol. The maximum Gasteiger partial charge on any atom is 0.171 e. The van der Waals surface area contributed by atoms with Gasteiger partial charge in [-0.15, -0.1) is 0 Å². The highest BCUT2D eigenvalue weighted by molar-refractivity contribution is 5.29. The third kappa shape index (κ3) is 4.08. The largest absolute Gasteiger partial charge is 0.396 e. The van der Waals surface area contributed by atoms with Crippen molar-refractivity contribution < 1.29 is 14.6 Å². The van der Waals surface area contributed by atoms with Gasteiger partial charge in [0, 0.05) is 31.5 Å². The second-order valence-electron chi connectivity index (χ2n) is 7.74. The molecule has 0 spiro atoms. The number of hydrogen-bond acceptors (Lipinski definition) is 4. The van der Waals surface area contributed by atoms with Crippen molar-refractivity contribution in [1.82, 2.24) is 5.32 Å². The van der Waals surface area contributed by atoms with Crippen LogP contribution >= 0.6 is 0 Å². The van der Waals surface area contributed by atoms with Gasteiger partial charge in [0.2, 0.25) is 0 Å². The molecule has 1 aromatic rings. The van der Waals surface area contributed by atoms with E-state index < -0.39 is 5.79 Å². The first-order valence-electron chi connectivity index (χ1n) is 9.81. The number of rotatable bonds is 7. The maximum atomic E-state index is 9.36. The minimum absolute atomic E-state index is 0.0327. The molecule has 0 bridgehead atoms. The van der Waals surface area contributed by atoms with Gasteiger partial charge in [-0.1, -0.05) is 49.6 Å². The summed E-state index contributed by atoms with van der Waals surface area (Å²) < 4.78 is 11.7. The molecule has 2 N–H and O–H groups in total. The van der Waals surface area contributed by atoms with Gasteiger partial charge in [-0.25, -0.2) is 0 Å². The molecule has 0 aromatic heterocycles. The normalized spacial score (nSPS) is 29.0. The Labute approximate surface area is 151 Å². The van der Waals surface area contributed by atoms with Crippen LogP contribution in [0.1, 0.15) is 56.6 Å². The van der Waals surface area contributed by atoms with E-state index in [-0.39, 0.29) is 12.1 Å². The Bertz CT molecular complexity index is 539. The number of aryl methyl sites for hydroxylation is 1. The molecular formula is C21H33NO3. The van der Waals surface area contributed by atoms with Crippen LogP contribution in [0.4, 0.5) is 0 Å². The average Bonchev–Trinajstić information content (AvgIpc) is 3.06. The van der Waals surface area contributed by atoms with Crippen molar-refractivity contribution in [3.63, 3.8) is 0 Å². The number of nitrogens with one attached hydrogen (secondary N) is 1. The molecule has 25 heavy (non-hydrogen) atoms. The van der Waals surface area contributed by atoms with Crippen LogP contribution < -0.4 is 5.32 Å². The summed E-state index contributed by atoms with van der Waals surface area (Å²) in [5.74, 6) is -0.00290. The fourth-order valence-corrected chi connectivity index (χ4v) is 4.55. The Kier molecular flexibility index (Phi) is 6.16. The molecule has 1 aromatic carbocycles. The van der Waals surface area contributed by atoms with Gasteiger partial charge in [-0.3, -0.25) is 0 Å². The van der Waals surface area contributed by atoms with Crippen molar-refractivity contribution >= 4 is 0 Å². The summed E-state index contributed by atoms with van der Waals surface area (Å²) in [6.45, 7) is 6.69. The van der Waals surface area contributed by atoms with Gasteiger partial charge < -0.3 is 19.9 Å². The van der Waals surface area contributed by atoms with Gasteiger partial charge in [0.15, 0.2) is 5.79 Å². The predicted octanol–water partition coefficient (Wildman–Crippen LogP) is 3.51. The molecule has 2 aliphatic rings. The third-order valence-electron chi connectivity index (χ3n) is 6.12. The lowest BCUT2D eigenvalue weighted by Gasteiger charge is -2.45. The molecule has 3 rings (SSSR count). The zero-order chi connectivity index (χ0) is 17.8. The lowest BCUT2D eigenvalue weighted by molar-refractivity contribution is -0.171. The molecule has 1 aliphatic carbocycles. The van der Waals surface area contributed by atoms with Gasteiger partial charge in [0.05, 0.1) is 13.2 Å². The molecule has 2 unspecified atom stereocenters. The number of hydrogen-bond donors (Lipinski definition) is 2. The molecule has 2 fully saturated rings. The van der Waals surface area contributed by atoms with E-state index in [0.29, 0.717) is 25.6 Å². The second kappa shape index (κ2) is 8.17. The Morgan fingerprint density at radius 1 is 1.12 bits per heavy atom. The Hall–Kier alpha value is -0.940. The molecule has 2 atom stereocenters. The van der Waals surface area contributed by atoms with Crippen molar-refractivity contribution in [3.05, 3.63) is 35.4 Å². The highest BCUT2D eigenvalue weighted by Gasteiger charge is 2.41. The van der Waals surface area contributed by atoms with Crippen LogP contribution in [0.2, 0.25) is 0 Å². The maximum absolute atomic E-state index is 9.36. The first-order chi connectivity index (χ1) is 12.1. The van der Waals surface area contributed by atoms with Crippen molar-refractivity contribution in [2.75, 3.05) is 26.4 Å². The van der Waals surface area contributed by atoms with E-state index >= 15 is 0 Å². The number of benzene rings is 1. The molecule has 1 saturated carbocycles. The predicted molar refractivity (Wildman–Crippen MR) is 99.4 cm³/mol. The topological polar surface area (TPSA) is 50.7 Å². The van der Waals surface area contributed by atoms with Crippen LogP contribution in [-0.4, -0.2) is 37.3 Å². The van der Waals surface area contributed by atoms with Gasteiger partial charge in [-0.2, -0.15) is 0 Å². The quantitative estimate of drug-likeness (QED) is 0.792. The van der Waals surface area contributed by atoms with Crippen molar-refractivity contribution in [3.8, 4) is 0 Å². The van der Waals surface area contributed by atoms with E-state index in [0.717, 1.165) is 13.0 Å². The number of aliphatic hydroxyl groups excluding tert-OH is 1. The van der Waals surface area contributed by atoms with Crippen LogP contribution in [0.15, 0.2) is 24.3 Å². The highest BCUT2D eigenvalue weighted by Crippen LogP contribution is 2.42. The lowest BCUT2D eigenvalue weighted by Crippen LogP contribution is -2.51. The fraction of sp³-hybridized carbons (Fsp3) is 0.714. The lowest BCUT2D eigenvalue weighted by atomic mass is 9.69. The molecule has 1 aliphatic heterocycles. The summed E-state index contributed by atoms with van der Waals surface area (Å²) >= 11 is 0. The monoisotopic (exact) mass is 347 g/mol. The van der Waals surface area contributed by atoms with Crippen LogP contribution in [0.25, 0.3) is 0 Å². The molecule has 1 saturated heterocycles. The van der Waals surface area contributed by atoms with Crippen LogP contribution in [0.3, 0.4) is 0 Å². The smallest absolute Gasteiger partial charge is 0.171 e. The molecule has 4 nitrogen and oxygen atoms in total. The average molecular weight is 347 g/mol. The third-order valence-corrected chi connectivity index (χ3v) is 6.12. The summed E-state index contributed by atoms with van der Waals surface area (Å²) in [7, 11) is 0. The van der Waals surface area contributed by atoms with Crippen LogP contribution in [-0.2, 0) is 15.0 Å². The van der Waals surface area contributed by atoms with E-state index in [2.05, 4.69) is 43.4 Å². The van der Waals surface area contributed by atoms with E-state index in [1.165, 1.54) is 36.8 Å². The molecule has 4 heteroatoms. The van der Waals surface area contributed by atoms with Gasteiger partial charge in [-0.05, 0) is 31.2 Å². The van der Waals surface area contributed by atoms with Crippen molar-refractivity contribution in [2.24, 2.45) is 5.92 Å². The summed E-state index contributed by atoms with van der Waals surface area (Å²) in [5.41, 5.74) is 2.73. The highest BCUT2D eigenvalue weighted by atomic mass is 16.7. The molecule has 0 amide bonds. The molecule has 0 radical (unpaired) electrons. The number of aliphatic hydroxyl groups is 1. The second-order valence-corrected chi connectivity index (χ2v) is 7.74. The van der Waals surface area contributed by atoms with Crippen molar-refractivity contribution in [2.45, 2.75) is 63.7 Å². The first-order valence-corrected chi connectivity index (χ1v) is 9.81. The minimum Gasteiger partial charge on any atom is -0.396 e. The van der Waals surface area contributed by atoms with Crippen LogP contribution in [0.5, 0.6) is 0 Å². The fourth-order valence-electron chi connectivity index (χ4n) is 4.55. The summed E-state index contributed by atoms with van der Waals surface area (Å²) in [6.07, 6.45) is 6.33. The number of ether oxygens (including phenoxy) is 2. The zero-order valence-electron chi connectivity index (χ0n) is 15.7. The van der Waals surface area contributed by atoms with E-state index in [9.17, 15) is 5.11 Å². The van der Waals surface area contributed by atoms with Gasteiger partial charge in [0.25, 0.3) is 0 Å². The van der Waals surface area contributed by atoms with E-state index in [1.54, 1.807) is 0 Å².